The van der Waals surface area contributed by atoms with E-state index < -0.39 is 5.97 Å². The van der Waals surface area contributed by atoms with Crippen LogP contribution >= 0.6 is 0 Å². The maximum atomic E-state index is 11.0. The Morgan fingerprint density at radius 3 is 2.50 bits per heavy atom. The molecule has 0 aliphatic carbocycles. The molecule has 0 saturated carbocycles. The number of carbonyl (C=O) groups is 2. The molecule has 2 aromatic rings. The summed E-state index contributed by atoms with van der Waals surface area (Å²) in [5.74, 6) is -0.770. The van der Waals surface area contributed by atoms with Crippen LogP contribution in [-0.2, 0) is 11.2 Å². The van der Waals surface area contributed by atoms with E-state index in [4.69, 9.17) is 5.11 Å². The van der Waals surface area contributed by atoms with Gasteiger partial charge in [-0.1, -0.05) is 31.2 Å². The molecule has 0 saturated heterocycles. The van der Waals surface area contributed by atoms with Crippen LogP contribution in [0.25, 0.3) is 5.69 Å². The number of hydrogen-bond acceptors (Lipinski definition) is 4. The Labute approximate surface area is 116 Å². The van der Waals surface area contributed by atoms with Gasteiger partial charge in [-0.05, 0) is 23.6 Å². The van der Waals surface area contributed by atoms with Crippen LogP contribution in [0.15, 0.2) is 24.3 Å². The molecule has 0 aliphatic rings. The summed E-state index contributed by atoms with van der Waals surface area (Å²) in [5.41, 5.74) is 2.53. The quantitative estimate of drug-likeness (QED) is 0.840. The van der Waals surface area contributed by atoms with Gasteiger partial charge in [0.05, 0.1) is 17.8 Å². The van der Waals surface area contributed by atoms with E-state index in [1.54, 1.807) is 28.9 Å². The summed E-state index contributed by atoms with van der Waals surface area (Å²) in [6.07, 6.45) is 0.673. The van der Waals surface area contributed by atoms with Crippen molar-refractivity contribution in [1.82, 2.24) is 15.0 Å². The van der Waals surface area contributed by atoms with Crippen LogP contribution < -0.4 is 0 Å². The minimum Gasteiger partial charge on any atom is -0.481 e. The second kappa shape index (κ2) is 5.64. The molecule has 1 aromatic heterocycles. The highest BCUT2D eigenvalue weighted by atomic mass is 16.4. The maximum Gasteiger partial charge on any atom is 0.307 e. The van der Waals surface area contributed by atoms with Crippen LogP contribution in [0.5, 0.6) is 0 Å². The zero-order chi connectivity index (χ0) is 14.7. The van der Waals surface area contributed by atoms with Crippen molar-refractivity contribution in [3.05, 3.63) is 41.2 Å². The van der Waals surface area contributed by atoms with Gasteiger partial charge >= 0.3 is 5.97 Å². The first-order chi connectivity index (χ1) is 9.52. The van der Waals surface area contributed by atoms with Gasteiger partial charge < -0.3 is 5.11 Å². The Bertz CT molecular complexity index is 630. The van der Waals surface area contributed by atoms with Crippen molar-refractivity contribution >= 4 is 12.3 Å². The normalized spacial score (nSPS) is 10.8. The van der Waals surface area contributed by atoms with E-state index >= 15 is 0 Å². The molecular formula is C14H15N3O3. The topological polar surface area (TPSA) is 85.1 Å². The van der Waals surface area contributed by atoms with E-state index in [9.17, 15) is 9.59 Å². The van der Waals surface area contributed by atoms with Crippen molar-refractivity contribution < 1.29 is 14.7 Å². The predicted molar refractivity (Wildman–Crippen MR) is 72.2 cm³/mol. The van der Waals surface area contributed by atoms with Crippen molar-refractivity contribution in [3.8, 4) is 5.69 Å². The second-order valence-electron chi connectivity index (χ2n) is 4.78. The highest BCUT2D eigenvalue weighted by Crippen LogP contribution is 2.20. The average molecular weight is 273 g/mol. The SMILES string of the molecule is CC(C)c1c(C=O)nnn1-c1ccc(CC(=O)O)cc1. The minimum absolute atomic E-state index is 0.0196. The van der Waals surface area contributed by atoms with Gasteiger partial charge in [0.15, 0.2) is 6.29 Å². The van der Waals surface area contributed by atoms with Gasteiger partial charge in [-0.25, -0.2) is 4.68 Å². The number of rotatable bonds is 5. The van der Waals surface area contributed by atoms with Crippen molar-refractivity contribution in [1.29, 1.82) is 0 Å². The number of carbonyl (C=O) groups excluding carboxylic acids is 1. The molecule has 0 aliphatic heterocycles. The number of nitrogens with zero attached hydrogens (tertiary/aromatic N) is 3. The Balaban J connectivity index is 2.39. The largest absolute Gasteiger partial charge is 0.481 e. The second-order valence-corrected chi connectivity index (χ2v) is 4.78. The lowest BCUT2D eigenvalue weighted by atomic mass is 10.1. The molecule has 0 bridgehead atoms. The average Bonchev–Trinajstić information content (AvgIpc) is 2.82. The molecule has 104 valence electrons. The summed E-state index contributed by atoms with van der Waals surface area (Å²) in [6.45, 7) is 3.92. The van der Waals surface area contributed by atoms with Crippen molar-refractivity contribution in [2.45, 2.75) is 26.2 Å². The van der Waals surface area contributed by atoms with Gasteiger partial charge in [0.2, 0.25) is 0 Å². The fourth-order valence-electron chi connectivity index (χ4n) is 2.05. The molecule has 1 heterocycles. The molecule has 0 atom stereocenters. The van der Waals surface area contributed by atoms with Gasteiger partial charge in [0.1, 0.15) is 5.69 Å². The number of carboxylic acid groups (broad SMARTS) is 1. The minimum atomic E-state index is -0.871. The van der Waals surface area contributed by atoms with Crippen molar-refractivity contribution in [2.24, 2.45) is 0 Å². The number of carboxylic acids is 1. The number of aromatic nitrogens is 3. The molecule has 1 N–H and O–H groups in total. The maximum absolute atomic E-state index is 11.0. The lowest BCUT2D eigenvalue weighted by Gasteiger charge is -2.10. The lowest BCUT2D eigenvalue weighted by molar-refractivity contribution is -0.136. The number of hydrogen-bond donors (Lipinski definition) is 1. The third-order valence-electron chi connectivity index (χ3n) is 2.93. The first kappa shape index (κ1) is 13.9. The van der Waals surface area contributed by atoms with Crippen molar-refractivity contribution in [3.63, 3.8) is 0 Å². The van der Waals surface area contributed by atoms with Gasteiger partial charge in [0.25, 0.3) is 0 Å². The fraction of sp³-hybridized carbons (Fsp3) is 0.286. The standard InChI is InChI=1S/C14H15N3O3/c1-9(2)14-12(8-18)15-16-17(14)11-5-3-10(4-6-11)7-13(19)20/h3-6,8-9H,7H2,1-2H3,(H,19,20). The van der Waals surface area contributed by atoms with Crippen LogP contribution in [0.4, 0.5) is 0 Å². The van der Waals surface area contributed by atoms with E-state index in [1.165, 1.54) is 0 Å². The molecule has 1 aromatic carbocycles. The van der Waals surface area contributed by atoms with Gasteiger partial charge in [-0.3, -0.25) is 9.59 Å². The zero-order valence-corrected chi connectivity index (χ0v) is 11.3. The third-order valence-corrected chi connectivity index (χ3v) is 2.93. The molecule has 2 rings (SSSR count). The van der Waals surface area contributed by atoms with Crippen molar-refractivity contribution in [2.75, 3.05) is 0 Å². The summed E-state index contributed by atoms with van der Waals surface area (Å²) in [5, 5.41) is 16.6. The zero-order valence-electron chi connectivity index (χ0n) is 11.3. The van der Waals surface area contributed by atoms with Crippen LogP contribution in [0.1, 0.15) is 41.5 Å². The first-order valence-corrected chi connectivity index (χ1v) is 6.24. The smallest absolute Gasteiger partial charge is 0.307 e. The molecule has 0 amide bonds. The Morgan fingerprint density at radius 2 is 2.00 bits per heavy atom. The number of aliphatic carboxylic acids is 1. The number of benzene rings is 1. The highest BCUT2D eigenvalue weighted by Gasteiger charge is 2.16. The summed E-state index contributed by atoms with van der Waals surface area (Å²) in [7, 11) is 0. The summed E-state index contributed by atoms with van der Waals surface area (Å²) >= 11 is 0. The summed E-state index contributed by atoms with van der Waals surface area (Å²) in [6, 6.07) is 7.01. The first-order valence-electron chi connectivity index (χ1n) is 6.24. The van der Waals surface area contributed by atoms with Gasteiger partial charge in [-0.2, -0.15) is 0 Å². The molecule has 20 heavy (non-hydrogen) atoms. The monoisotopic (exact) mass is 273 g/mol. The van der Waals surface area contributed by atoms with Crippen LogP contribution in [-0.4, -0.2) is 32.4 Å². The molecule has 0 fully saturated rings. The Hall–Kier alpha value is -2.50. The lowest BCUT2D eigenvalue weighted by Crippen LogP contribution is -2.06. The molecule has 6 heteroatoms. The van der Waals surface area contributed by atoms with E-state index in [1.807, 2.05) is 13.8 Å². The summed E-state index contributed by atoms with van der Waals surface area (Å²) < 4.78 is 1.61. The molecule has 0 radical (unpaired) electrons. The fourth-order valence-corrected chi connectivity index (χ4v) is 2.05. The van der Waals surface area contributed by atoms with E-state index in [0.29, 0.717) is 17.5 Å². The Morgan fingerprint density at radius 1 is 1.35 bits per heavy atom. The van der Waals surface area contributed by atoms with Gasteiger partial charge in [-0.15, -0.1) is 5.10 Å². The summed E-state index contributed by atoms with van der Waals surface area (Å²) in [4.78, 5) is 21.6. The predicted octanol–water partition coefficient (Wildman–Crippen LogP) is 1.83. The van der Waals surface area contributed by atoms with E-state index in [-0.39, 0.29) is 12.3 Å². The highest BCUT2D eigenvalue weighted by molar-refractivity contribution is 5.74. The molecule has 0 spiro atoms. The van der Waals surface area contributed by atoms with Crippen LogP contribution in [0.2, 0.25) is 0 Å². The molecule has 6 nitrogen and oxygen atoms in total. The van der Waals surface area contributed by atoms with E-state index in [0.717, 1.165) is 11.4 Å². The Kier molecular flexibility index (Phi) is 3.93. The van der Waals surface area contributed by atoms with Crippen LogP contribution in [0, 0.1) is 0 Å². The van der Waals surface area contributed by atoms with Crippen LogP contribution in [0.3, 0.4) is 0 Å². The number of aldehydes is 1. The molecular weight excluding hydrogens is 258 g/mol. The molecule has 0 unspecified atom stereocenters. The van der Waals surface area contributed by atoms with E-state index in [2.05, 4.69) is 10.3 Å². The van der Waals surface area contributed by atoms with Gasteiger partial charge in [0, 0.05) is 0 Å². The third kappa shape index (κ3) is 2.74.